The molecule has 2 N–H and O–H groups in total. The maximum Gasteiger partial charge on any atom is 0.152 e. The summed E-state index contributed by atoms with van der Waals surface area (Å²) in [7, 11) is 0. The highest BCUT2D eigenvalue weighted by Crippen LogP contribution is 2.26. The van der Waals surface area contributed by atoms with Crippen LogP contribution in [0.15, 0.2) is 11.5 Å². The van der Waals surface area contributed by atoms with Crippen molar-refractivity contribution >= 4 is 11.8 Å². The lowest BCUT2D eigenvalue weighted by Crippen LogP contribution is -2.11. The zero-order valence-corrected chi connectivity index (χ0v) is 5.84. The standard InChI is InChI=1S/C6H10O2S/c7-6(8)4-5-2-1-3-9-5/h1,3,5-8H,2,4H2. The van der Waals surface area contributed by atoms with Crippen LogP contribution in [0.2, 0.25) is 0 Å². The molecule has 0 spiro atoms. The molecule has 0 aromatic rings. The largest absolute Gasteiger partial charge is 0.368 e. The lowest BCUT2D eigenvalue weighted by Gasteiger charge is -2.08. The molecule has 1 aliphatic rings. The predicted molar refractivity (Wildman–Crippen MR) is 38.0 cm³/mol. The van der Waals surface area contributed by atoms with Crippen LogP contribution in [0.25, 0.3) is 0 Å². The number of hydrogen-bond donors (Lipinski definition) is 2. The summed E-state index contributed by atoms with van der Waals surface area (Å²) in [5.41, 5.74) is 0. The van der Waals surface area contributed by atoms with Gasteiger partial charge in [-0.2, -0.15) is 0 Å². The van der Waals surface area contributed by atoms with E-state index in [0.717, 1.165) is 6.42 Å². The summed E-state index contributed by atoms with van der Waals surface area (Å²) in [4.78, 5) is 0. The number of thioether (sulfide) groups is 1. The van der Waals surface area contributed by atoms with Gasteiger partial charge in [0, 0.05) is 11.7 Å². The summed E-state index contributed by atoms with van der Waals surface area (Å²) in [6.07, 6.45) is 2.37. The van der Waals surface area contributed by atoms with Gasteiger partial charge in [-0.05, 0) is 11.8 Å². The normalized spacial score (nSPS) is 25.9. The molecule has 0 aliphatic carbocycles. The minimum atomic E-state index is -1.14. The summed E-state index contributed by atoms with van der Waals surface area (Å²) in [5.74, 6) is 0. The lowest BCUT2D eigenvalue weighted by molar-refractivity contribution is -0.0447. The van der Waals surface area contributed by atoms with E-state index in [-0.39, 0.29) is 0 Å². The third-order valence-electron chi connectivity index (χ3n) is 1.24. The van der Waals surface area contributed by atoms with Crippen LogP contribution in [0.5, 0.6) is 0 Å². The second-order valence-electron chi connectivity index (χ2n) is 2.08. The fourth-order valence-electron chi connectivity index (χ4n) is 0.816. The van der Waals surface area contributed by atoms with Crippen LogP contribution in [0.3, 0.4) is 0 Å². The molecule has 0 aromatic carbocycles. The average molecular weight is 146 g/mol. The number of rotatable bonds is 2. The first kappa shape index (κ1) is 7.12. The number of aliphatic hydroxyl groups excluding tert-OH is 1. The van der Waals surface area contributed by atoms with E-state index in [1.807, 2.05) is 5.41 Å². The van der Waals surface area contributed by atoms with Crippen LogP contribution in [-0.4, -0.2) is 21.8 Å². The molecule has 0 radical (unpaired) electrons. The molecule has 2 nitrogen and oxygen atoms in total. The molecule has 1 rings (SSSR count). The lowest BCUT2D eigenvalue weighted by atomic mass is 10.2. The predicted octanol–water partition coefficient (Wildman–Crippen LogP) is 0.706. The van der Waals surface area contributed by atoms with Crippen molar-refractivity contribution in [2.45, 2.75) is 24.4 Å². The number of allylic oxidation sites excluding steroid dienone is 1. The zero-order valence-electron chi connectivity index (χ0n) is 5.03. The summed E-state index contributed by atoms with van der Waals surface area (Å²) < 4.78 is 0. The van der Waals surface area contributed by atoms with Crippen LogP contribution in [0, 0.1) is 0 Å². The molecule has 9 heavy (non-hydrogen) atoms. The van der Waals surface area contributed by atoms with Crippen LogP contribution < -0.4 is 0 Å². The molecule has 0 saturated heterocycles. The van der Waals surface area contributed by atoms with E-state index in [1.165, 1.54) is 0 Å². The first-order valence-electron chi connectivity index (χ1n) is 2.95. The fraction of sp³-hybridized carbons (Fsp3) is 0.667. The number of aliphatic hydroxyl groups is 2. The SMILES string of the molecule is OC(O)CC1CC=CS1. The second kappa shape index (κ2) is 3.25. The summed E-state index contributed by atoms with van der Waals surface area (Å²) in [6.45, 7) is 0. The molecule has 52 valence electrons. The Labute approximate surface area is 58.6 Å². The Morgan fingerprint density at radius 2 is 2.44 bits per heavy atom. The van der Waals surface area contributed by atoms with E-state index in [9.17, 15) is 0 Å². The summed E-state index contributed by atoms with van der Waals surface area (Å²) >= 11 is 1.67. The van der Waals surface area contributed by atoms with Crippen molar-refractivity contribution < 1.29 is 10.2 Å². The maximum absolute atomic E-state index is 8.53. The summed E-state index contributed by atoms with van der Waals surface area (Å²) in [6, 6.07) is 0. The highest BCUT2D eigenvalue weighted by Gasteiger charge is 2.13. The smallest absolute Gasteiger partial charge is 0.152 e. The van der Waals surface area contributed by atoms with Gasteiger partial charge in [-0.25, -0.2) is 0 Å². The minimum absolute atomic E-state index is 0.394. The first-order valence-corrected chi connectivity index (χ1v) is 3.90. The van der Waals surface area contributed by atoms with Crippen molar-refractivity contribution in [2.24, 2.45) is 0 Å². The minimum Gasteiger partial charge on any atom is -0.368 e. The molecule has 1 aliphatic heterocycles. The van der Waals surface area contributed by atoms with Gasteiger partial charge in [0.2, 0.25) is 0 Å². The van der Waals surface area contributed by atoms with Gasteiger partial charge in [0.15, 0.2) is 6.29 Å². The quantitative estimate of drug-likeness (QED) is 0.563. The molecular formula is C6H10O2S. The van der Waals surface area contributed by atoms with Gasteiger partial charge < -0.3 is 10.2 Å². The van der Waals surface area contributed by atoms with Crippen molar-refractivity contribution in [3.63, 3.8) is 0 Å². The van der Waals surface area contributed by atoms with Gasteiger partial charge in [0.05, 0.1) is 0 Å². The molecule has 1 heterocycles. The summed E-state index contributed by atoms with van der Waals surface area (Å²) in [5, 5.41) is 19.5. The zero-order chi connectivity index (χ0) is 6.69. The van der Waals surface area contributed by atoms with E-state index >= 15 is 0 Å². The van der Waals surface area contributed by atoms with Crippen LogP contribution in [-0.2, 0) is 0 Å². The molecule has 1 unspecified atom stereocenters. The highest BCUT2D eigenvalue weighted by molar-refractivity contribution is 8.03. The molecule has 0 fully saturated rings. The highest BCUT2D eigenvalue weighted by atomic mass is 32.2. The van der Waals surface area contributed by atoms with E-state index in [0.29, 0.717) is 11.7 Å². The van der Waals surface area contributed by atoms with Crippen molar-refractivity contribution in [2.75, 3.05) is 0 Å². The van der Waals surface area contributed by atoms with Crippen molar-refractivity contribution in [3.8, 4) is 0 Å². The van der Waals surface area contributed by atoms with Gasteiger partial charge >= 0.3 is 0 Å². The van der Waals surface area contributed by atoms with Gasteiger partial charge in [-0.1, -0.05) is 6.08 Å². The Balaban J connectivity index is 2.14. The van der Waals surface area contributed by atoms with Gasteiger partial charge in [-0.15, -0.1) is 11.8 Å². The molecule has 0 aromatic heterocycles. The Hall–Kier alpha value is 0.01000. The molecule has 0 bridgehead atoms. The maximum atomic E-state index is 8.53. The Morgan fingerprint density at radius 1 is 1.67 bits per heavy atom. The molecule has 0 saturated carbocycles. The second-order valence-corrected chi connectivity index (χ2v) is 3.29. The van der Waals surface area contributed by atoms with Crippen molar-refractivity contribution in [1.82, 2.24) is 0 Å². The molecule has 3 heteroatoms. The van der Waals surface area contributed by atoms with Gasteiger partial charge in [0.1, 0.15) is 0 Å². The van der Waals surface area contributed by atoms with E-state index in [4.69, 9.17) is 10.2 Å². The first-order chi connectivity index (χ1) is 4.29. The van der Waals surface area contributed by atoms with Gasteiger partial charge in [0.25, 0.3) is 0 Å². The van der Waals surface area contributed by atoms with Crippen molar-refractivity contribution in [1.29, 1.82) is 0 Å². The van der Waals surface area contributed by atoms with Crippen LogP contribution in [0.4, 0.5) is 0 Å². The van der Waals surface area contributed by atoms with Crippen LogP contribution in [0.1, 0.15) is 12.8 Å². The van der Waals surface area contributed by atoms with Crippen LogP contribution >= 0.6 is 11.8 Å². The third kappa shape index (κ3) is 2.39. The topological polar surface area (TPSA) is 40.5 Å². The molecular weight excluding hydrogens is 136 g/mol. The van der Waals surface area contributed by atoms with E-state index in [2.05, 4.69) is 6.08 Å². The van der Waals surface area contributed by atoms with Crippen molar-refractivity contribution in [3.05, 3.63) is 11.5 Å². The van der Waals surface area contributed by atoms with Gasteiger partial charge in [-0.3, -0.25) is 0 Å². The Morgan fingerprint density at radius 3 is 2.89 bits per heavy atom. The fourth-order valence-corrected chi connectivity index (χ4v) is 1.77. The Bertz CT molecular complexity index is 104. The Kier molecular flexibility index (Phi) is 2.57. The third-order valence-corrected chi connectivity index (χ3v) is 2.36. The van der Waals surface area contributed by atoms with E-state index in [1.54, 1.807) is 11.8 Å². The van der Waals surface area contributed by atoms with E-state index < -0.39 is 6.29 Å². The molecule has 0 amide bonds. The number of hydrogen-bond acceptors (Lipinski definition) is 3. The monoisotopic (exact) mass is 146 g/mol. The average Bonchev–Trinajstić information content (AvgIpc) is 2.15. The molecule has 1 atom stereocenters.